The van der Waals surface area contributed by atoms with Gasteiger partial charge in [0.2, 0.25) is 0 Å². The Labute approximate surface area is 133 Å². The molecule has 0 spiro atoms. The van der Waals surface area contributed by atoms with Crippen molar-refractivity contribution in [3.05, 3.63) is 56.2 Å². The SMILES string of the molecule is N#CC(C(=O)c1cc2c(s1)CCCC2)c1ccccc1Cl. The molecular formula is C17H14ClNOS. The molecule has 0 amide bonds. The summed E-state index contributed by atoms with van der Waals surface area (Å²) in [5.41, 5.74) is 1.88. The van der Waals surface area contributed by atoms with Crippen molar-refractivity contribution in [2.24, 2.45) is 0 Å². The van der Waals surface area contributed by atoms with E-state index in [0.717, 1.165) is 12.8 Å². The minimum absolute atomic E-state index is 0.134. The number of carbonyl (C=O) groups is 1. The van der Waals surface area contributed by atoms with Crippen LogP contribution >= 0.6 is 22.9 Å². The summed E-state index contributed by atoms with van der Waals surface area (Å²) in [7, 11) is 0. The van der Waals surface area contributed by atoms with Crippen LogP contribution in [0.2, 0.25) is 5.02 Å². The molecule has 0 radical (unpaired) electrons. The van der Waals surface area contributed by atoms with Crippen LogP contribution in [0.5, 0.6) is 0 Å². The third kappa shape index (κ3) is 2.74. The summed E-state index contributed by atoms with van der Waals surface area (Å²) in [4.78, 5) is 14.7. The molecule has 0 aliphatic heterocycles. The van der Waals surface area contributed by atoms with Crippen molar-refractivity contribution < 1.29 is 4.79 Å². The molecular weight excluding hydrogens is 302 g/mol. The Bertz CT molecular complexity index is 705. The Balaban J connectivity index is 1.95. The lowest BCUT2D eigenvalue weighted by Crippen LogP contribution is -2.10. The van der Waals surface area contributed by atoms with E-state index in [4.69, 9.17) is 11.6 Å². The number of rotatable bonds is 3. The number of hydrogen-bond donors (Lipinski definition) is 0. The van der Waals surface area contributed by atoms with Crippen molar-refractivity contribution in [3.63, 3.8) is 0 Å². The zero-order chi connectivity index (χ0) is 14.8. The van der Waals surface area contributed by atoms with Gasteiger partial charge < -0.3 is 0 Å². The van der Waals surface area contributed by atoms with E-state index in [9.17, 15) is 10.1 Å². The molecule has 1 atom stereocenters. The van der Waals surface area contributed by atoms with Crippen molar-refractivity contribution >= 4 is 28.7 Å². The molecule has 0 saturated carbocycles. The average molecular weight is 316 g/mol. The number of thiophene rings is 1. The monoisotopic (exact) mass is 315 g/mol. The Kier molecular flexibility index (Phi) is 4.10. The number of hydrogen-bond acceptors (Lipinski definition) is 3. The highest BCUT2D eigenvalue weighted by Gasteiger charge is 2.26. The minimum Gasteiger partial charge on any atom is -0.291 e. The van der Waals surface area contributed by atoms with Gasteiger partial charge in [0.15, 0.2) is 5.78 Å². The molecule has 1 unspecified atom stereocenters. The zero-order valence-electron chi connectivity index (χ0n) is 11.4. The van der Waals surface area contributed by atoms with Crippen LogP contribution < -0.4 is 0 Å². The maximum Gasteiger partial charge on any atom is 0.194 e. The summed E-state index contributed by atoms with van der Waals surface area (Å²) < 4.78 is 0. The lowest BCUT2D eigenvalue weighted by atomic mass is 9.94. The molecule has 3 rings (SSSR count). The second kappa shape index (κ2) is 6.01. The highest BCUT2D eigenvalue weighted by molar-refractivity contribution is 7.14. The summed E-state index contributed by atoms with van der Waals surface area (Å²) >= 11 is 7.67. The Morgan fingerprint density at radius 2 is 2.05 bits per heavy atom. The first kappa shape index (κ1) is 14.3. The number of halogens is 1. The molecule has 1 aromatic heterocycles. The van der Waals surface area contributed by atoms with E-state index in [1.165, 1.54) is 23.3 Å². The van der Waals surface area contributed by atoms with Crippen LogP contribution in [0.4, 0.5) is 0 Å². The number of ketones is 1. The fraction of sp³-hybridized carbons (Fsp3) is 0.294. The van der Waals surface area contributed by atoms with E-state index >= 15 is 0 Å². The van der Waals surface area contributed by atoms with Crippen molar-refractivity contribution in [2.75, 3.05) is 0 Å². The van der Waals surface area contributed by atoms with E-state index in [1.54, 1.807) is 35.6 Å². The highest BCUT2D eigenvalue weighted by atomic mass is 35.5. The molecule has 0 N–H and O–H groups in total. The van der Waals surface area contributed by atoms with Crippen molar-refractivity contribution in [1.29, 1.82) is 5.26 Å². The third-order valence-corrected chi connectivity index (χ3v) is 5.44. The number of benzene rings is 1. The normalized spacial score (nSPS) is 15.0. The molecule has 1 heterocycles. The summed E-state index contributed by atoms with van der Waals surface area (Å²) in [6.45, 7) is 0. The largest absolute Gasteiger partial charge is 0.291 e. The molecule has 0 fully saturated rings. The smallest absolute Gasteiger partial charge is 0.194 e. The molecule has 2 aromatic rings. The number of Topliss-reactive ketones (excluding diaryl/α,β-unsaturated/α-hetero) is 1. The molecule has 21 heavy (non-hydrogen) atoms. The van der Waals surface area contributed by atoms with E-state index in [2.05, 4.69) is 6.07 Å². The van der Waals surface area contributed by atoms with Gasteiger partial charge in [0, 0.05) is 9.90 Å². The quantitative estimate of drug-likeness (QED) is 0.765. The minimum atomic E-state index is -0.821. The Hall–Kier alpha value is -1.63. The van der Waals surface area contributed by atoms with Gasteiger partial charge in [-0.2, -0.15) is 5.26 Å². The van der Waals surface area contributed by atoms with Crippen LogP contribution in [0.15, 0.2) is 30.3 Å². The summed E-state index contributed by atoms with van der Waals surface area (Å²) in [5, 5.41) is 9.88. The first-order chi connectivity index (χ1) is 10.2. The topological polar surface area (TPSA) is 40.9 Å². The van der Waals surface area contributed by atoms with Crippen molar-refractivity contribution in [2.45, 2.75) is 31.6 Å². The van der Waals surface area contributed by atoms with Crippen LogP contribution in [0.25, 0.3) is 0 Å². The number of nitriles is 1. The summed E-state index contributed by atoms with van der Waals surface area (Å²) in [5.74, 6) is -0.955. The predicted octanol–water partition coefficient (Wildman–Crippen LogP) is 4.77. The van der Waals surface area contributed by atoms with Crippen molar-refractivity contribution in [3.8, 4) is 6.07 Å². The molecule has 2 nitrogen and oxygen atoms in total. The Morgan fingerprint density at radius 3 is 2.76 bits per heavy atom. The van der Waals surface area contributed by atoms with Gasteiger partial charge in [0.1, 0.15) is 5.92 Å². The van der Waals surface area contributed by atoms with Gasteiger partial charge in [-0.15, -0.1) is 11.3 Å². The van der Waals surface area contributed by atoms with Gasteiger partial charge in [-0.3, -0.25) is 4.79 Å². The van der Waals surface area contributed by atoms with Gasteiger partial charge in [-0.1, -0.05) is 29.8 Å². The number of fused-ring (bicyclic) bond motifs is 1. The molecule has 1 aliphatic carbocycles. The number of aryl methyl sites for hydroxylation is 2. The second-order valence-corrected chi connectivity index (χ2v) is 6.76. The average Bonchev–Trinajstić information content (AvgIpc) is 2.93. The van der Waals surface area contributed by atoms with E-state index < -0.39 is 5.92 Å². The summed E-state index contributed by atoms with van der Waals surface area (Å²) in [6, 6.07) is 11.2. The van der Waals surface area contributed by atoms with Crippen LogP contribution in [0, 0.1) is 11.3 Å². The molecule has 106 valence electrons. The van der Waals surface area contributed by atoms with Crippen LogP contribution in [0.3, 0.4) is 0 Å². The van der Waals surface area contributed by atoms with Gasteiger partial charge in [0.05, 0.1) is 10.9 Å². The van der Waals surface area contributed by atoms with Crippen LogP contribution in [-0.2, 0) is 12.8 Å². The predicted molar refractivity (Wildman–Crippen MR) is 85.1 cm³/mol. The maximum atomic E-state index is 12.7. The molecule has 1 aliphatic rings. The van der Waals surface area contributed by atoms with Gasteiger partial charge >= 0.3 is 0 Å². The molecule has 4 heteroatoms. The molecule has 0 bridgehead atoms. The fourth-order valence-electron chi connectivity index (χ4n) is 2.73. The first-order valence-electron chi connectivity index (χ1n) is 7.00. The second-order valence-electron chi connectivity index (χ2n) is 5.21. The molecule has 1 aromatic carbocycles. The lowest BCUT2D eigenvalue weighted by molar-refractivity contribution is 0.0982. The number of nitrogens with zero attached hydrogens (tertiary/aromatic N) is 1. The van der Waals surface area contributed by atoms with Crippen LogP contribution in [-0.4, -0.2) is 5.78 Å². The van der Waals surface area contributed by atoms with Gasteiger partial charge in [0.25, 0.3) is 0 Å². The lowest BCUT2D eigenvalue weighted by Gasteiger charge is -2.08. The van der Waals surface area contributed by atoms with E-state index in [-0.39, 0.29) is 5.78 Å². The third-order valence-electron chi connectivity index (χ3n) is 3.85. The fourth-order valence-corrected chi connectivity index (χ4v) is 4.20. The number of carbonyl (C=O) groups excluding carboxylic acids is 1. The summed E-state index contributed by atoms with van der Waals surface area (Å²) in [6.07, 6.45) is 4.47. The van der Waals surface area contributed by atoms with Gasteiger partial charge in [-0.25, -0.2) is 0 Å². The maximum absolute atomic E-state index is 12.7. The molecule has 0 saturated heterocycles. The Morgan fingerprint density at radius 1 is 1.29 bits per heavy atom. The standard InChI is InChI=1S/C17H14ClNOS/c18-14-7-3-2-6-12(14)13(10-19)17(20)16-9-11-5-1-4-8-15(11)21-16/h2-3,6-7,9,13H,1,4-5,8H2. The van der Waals surface area contributed by atoms with Crippen molar-refractivity contribution in [1.82, 2.24) is 0 Å². The zero-order valence-corrected chi connectivity index (χ0v) is 13.0. The van der Waals surface area contributed by atoms with Crippen LogP contribution in [0.1, 0.15) is 44.4 Å². The van der Waals surface area contributed by atoms with E-state index in [1.807, 2.05) is 6.07 Å². The highest BCUT2D eigenvalue weighted by Crippen LogP contribution is 2.34. The van der Waals surface area contributed by atoms with E-state index in [0.29, 0.717) is 15.5 Å². The van der Waals surface area contributed by atoms with Gasteiger partial charge in [-0.05, 0) is 48.9 Å². The first-order valence-corrected chi connectivity index (χ1v) is 8.20.